The number of benzene rings is 2. The molecule has 2 aromatic carbocycles. The van der Waals surface area contributed by atoms with Gasteiger partial charge in [-0.25, -0.2) is 0 Å². The normalized spacial score (nSPS) is 9.88. The molecule has 0 saturated heterocycles. The van der Waals surface area contributed by atoms with Crippen molar-refractivity contribution in [2.24, 2.45) is 0 Å². The lowest BCUT2D eigenvalue weighted by Gasteiger charge is -2.09. The first-order chi connectivity index (χ1) is 11.7. The lowest BCUT2D eigenvalue weighted by Crippen LogP contribution is -2.11. The quantitative estimate of drug-likeness (QED) is 0.845. The zero-order valence-electron chi connectivity index (χ0n) is 13.8. The van der Waals surface area contributed by atoms with Gasteiger partial charge in [0.1, 0.15) is 0 Å². The lowest BCUT2D eigenvalue weighted by atomic mass is 10.1. The Morgan fingerprint density at radius 1 is 1.08 bits per heavy atom. The highest BCUT2D eigenvalue weighted by Crippen LogP contribution is 2.28. The van der Waals surface area contributed by atoms with Crippen molar-refractivity contribution in [1.29, 1.82) is 5.26 Å². The Morgan fingerprint density at radius 3 is 2.42 bits per heavy atom. The molecule has 5 nitrogen and oxygen atoms in total. The monoisotopic (exact) mass is 324 g/mol. The molecule has 0 spiro atoms. The highest BCUT2D eigenvalue weighted by Gasteiger charge is 2.06. The fourth-order valence-electron chi connectivity index (χ4n) is 2.34. The van der Waals surface area contributed by atoms with Gasteiger partial charge in [-0.2, -0.15) is 5.26 Å². The third-order valence-corrected chi connectivity index (χ3v) is 3.61. The molecule has 5 heteroatoms. The number of ether oxygens (including phenoxy) is 2. The molecule has 0 aliphatic heterocycles. The summed E-state index contributed by atoms with van der Waals surface area (Å²) in [4.78, 5) is 12.0. The maximum absolute atomic E-state index is 12.0. The van der Waals surface area contributed by atoms with Crippen LogP contribution in [0.3, 0.4) is 0 Å². The Hall–Kier alpha value is -3.00. The van der Waals surface area contributed by atoms with Crippen LogP contribution in [0.15, 0.2) is 42.5 Å². The van der Waals surface area contributed by atoms with Crippen LogP contribution in [0.5, 0.6) is 11.5 Å². The van der Waals surface area contributed by atoms with Gasteiger partial charge in [-0.1, -0.05) is 6.07 Å². The smallest absolute Gasteiger partial charge is 0.224 e. The molecule has 0 heterocycles. The summed E-state index contributed by atoms with van der Waals surface area (Å²) in [5.74, 6) is 1.34. The van der Waals surface area contributed by atoms with E-state index in [-0.39, 0.29) is 5.91 Å². The molecule has 1 N–H and O–H groups in total. The average molecular weight is 324 g/mol. The molecular formula is C19H20N2O3. The van der Waals surface area contributed by atoms with E-state index in [0.29, 0.717) is 29.2 Å². The first-order valence-corrected chi connectivity index (χ1v) is 7.67. The molecule has 0 bridgehead atoms. The summed E-state index contributed by atoms with van der Waals surface area (Å²) in [5, 5.41) is 11.6. The van der Waals surface area contributed by atoms with Crippen molar-refractivity contribution in [3.63, 3.8) is 0 Å². The molecule has 0 saturated carbocycles. The van der Waals surface area contributed by atoms with Crippen molar-refractivity contribution in [1.82, 2.24) is 0 Å². The maximum Gasteiger partial charge on any atom is 0.224 e. The van der Waals surface area contributed by atoms with Gasteiger partial charge in [0.05, 0.1) is 25.9 Å². The Kier molecular flexibility index (Phi) is 6.21. The second kappa shape index (κ2) is 8.59. The van der Waals surface area contributed by atoms with Crippen LogP contribution in [0, 0.1) is 11.3 Å². The molecule has 0 aromatic heterocycles. The van der Waals surface area contributed by atoms with E-state index in [0.717, 1.165) is 18.4 Å². The number of hydrogen-bond donors (Lipinski definition) is 1. The van der Waals surface area contributed by atoms with Crippen molar-refractivity contribution >= 4 is 11.6 Å². The molecule has 0 unspecified atom stereocenters. The van der Waals surface area contributed by atoms with E-state index in [1.807, 2.05) is 24.3 Å². The van der Waals surface area contributed by atoms with Gasteiger partial charge in [0.2, 0.25) is 5.91 Å². The van der Waals surface area contributed by atoms with Crippen molar-refractivity contribution in [3.8, 4) is 17.6 Å². The van der Waals surface area contributed by atoms with E-state index in [9.17, 15) is 4.79 Å². The first-order valence-electron chi connectivity index (χ1n) is 7.67. The minimum atomic E-state index is -0.0415. The first kappa shape index (κ1) is 17.4. The molecule has 1 amide bonds. The molecule has 0 aliphatic carbocycles. The summed E-state index contributed by atoms with van der Waals surface area (Å²) in [6, 6.07) is 14.6. The second-order valence-electron chi connectivity index (χ2n) is 5.28. The number of hydrogen-bond acceptors (Lipinski definition) is 4. The Labute approximate surface area is 141 Å². The third kappa shape index (κ3) is 4.75. The van der Waals surface area contributed by atoms with Gasteiger partial charge >= 0.3 is 0 Å². The van der Waals surface area contributed by atoms with Gasteiger partial charge in [0, 0.05) is 12.1 Å². The van der Waals surface area contributed by atoms with Gasteiger partial charge < -0.3 is 14.8 Å². The summed E-state index contributed by atoms with van der Waals surface area (Å²) in [5.41, 5.74) is 2.37. The summed E-state index contributed by atoms with van der Waals surface area (Å²) >= 11 is 0. The number of carbonyl (C=O) groups excluding carboxylic acids is 1. The van der Waals surface area contributed by atoms with Crippen LogP contribution >= 0.6 is 0 Å². The minimum absolute atomic E-state index is 0.0415. The van der Waals surface area contributed by atoms with E-state index in [4.69, 9.17) is 14.7 Å². The van der Waals surface area contributed by atoms with Crippen molar-refractivity contribution < 1.29 is 14.3 Å². The molecule has 2 aromatic rings. The van der Waals surface area contributed by atoms with E-state index in [1.165, 1.54) is 0 Å². The van der Waals surface area contributed by atoms with Crippen LogP contribution in [-0.2, 0) is 11.2 Å². The zero-order valence-corrected chi connectivity index (χ0v) is 13.8. The van der Waals surface area contributed by atoms with Crippen molar-refractivity contribution in [3.05, 3.63) is 53.6 Å². The van der Waals surface area contributed by atoms with E-state index in [2.05, 4.69) is 5.32 Å². The summed E-state index contributed by atoms with van der Waals surface area (Å²) in [6.45, 7) is 0. The number of nitriles is 1. The predicted molar refractivity (Wildman–Crippen MR) is 92.3 cm³/mol. The molecular weight excluding hydrogens is 304 g/mol. The molecule has 2 rings (SSSR count). The van der Waals surface area contributed by atoms with E-state index < -0.39 is 0 Å². The van der Waals surface area contributed by atoms with Crippen LogP contribution in [0.1, 0.15) is 24.0 Å². The Balaban J connectivity index is 1.83. The Morgan fingerprint density at radius 2 is 1.79 bits per heavy atom. The second-order valence-corrected chi connectivity index (χ2v) is 5.28. The standard InChI is InChI=1S/C19H20N2O3/c1-23-17-11-8-14(12-18(17)24-2)4-3-5-19(22)21-16-9-6-15(13-20)7-10-16/h6-12H,3-5H2,1-2H3,(H,21,22). The van der Waals surface area contributed by atoms with Crippen LogP contribution < -0.4 is 14.8 Å². The van der Waals surface area contributed by atoms with Crippen LogP contribution in [0.25, 0.3) is 0 Å². The molecule has 0 aliphatic rings. The maximum atomic E-state index is 12.0. The van der Waals surface area contributed by atoms with Gasteiger partial charge in [-0.05, 0) is 54.8 Å². The zero-order chi connectivity index (χ0) is 17.4. The number of amides is 1. The highest BCUT2D eigenvalue weighted by atomic mass is 16.5. The van der Waals surface area contributed by atoms with Gasteiger partial charge in [0.15, 0.2) is 11.5 Å². The number of rotatable bonds is 7. The number of aryl methyl sites for hydroxylation is 1. The van der Waals surface area contributed by atoms with Crippen molar-refractivity contribution in [2.45, 2.75) is 19.3 Å². The number of nitrogens with one attached hydrogen (secondary N) is 1. The largest absolute Gasteiger partial charge is 0.493 e. The average Bonchev–Trinajstić information content (AvgIpc) is 2.62. The van der Waals surface area contributed by atoms with E-state index >= 15 is 0 Å². The van der Waals surface area contributed by atoms with Gasteiger partial charge in [0.25, 0.3) is 0 Å². The fourth-order valence-corrected chi connectivity index (χ4v) is 2.34. The number of methoxy groups -OCH3 is 2. The SMILES string of the molecule is COc1ccc(CCCC(=O)Nc2ccc(C#N)cc2)cc1OC. The lowest BCUT2D eigenvalue weighted by molar-refractivity contribution is -0.116. The minimum Gasteiger partial charge on any atom is -0.493 e. The summed E-state index contributed by atoms with van der Waals surface area (Å²) in [6.07, 6.45) is 1.94. The van der Waals surface area contributed by atoms with Gasteiger partial charge in [-0.15, -0.1) is 0 Å². The highest BCUT2D eigenvalue weighted by molar-refractivity contribution is 5.90. The molecule has 0 atom stereocenters. The number of anilines is 1. The molecule has 124 valence electrons. The van der Waals surface area contributed by atoms with Gasteiger partial charge in [-0.3, -0.25) is 4.79 Å². The molecule has 0 fully saturated rings. The number of nitrogens with zero attached hydrogens (tertiary/aromatic N) is 1. The summed E-state index contributed by atoms with van der Waals surface area (Å²) < 4.78 is 10.5. The third-order valence-electron chi connectivity index (χ3n) is 3.61. The van der Waals surface area contributed by atoms with Crippen LogP contribution in [-0.4, -0.2) is 20.1 Å². The molecule has 0 radical (unpaired) electrons. The number of carbonyl (C=O) groups is 1. The van der Waals surface area contributed by atoms with Crippen LogP contribution in [0.2, 0.25) is 0 Å². The topological polar surface area (TPSA) is 71.3 Å². The fraction of sp³-hybridized carbons (Fsp3) is 0.263. The Bertz CT molecular complexity index is 733. The van der Waals surface area contributed by atoms with E-state index in [1.54, 1.807) is 38.5 Å². The summed E-state index contributed by atoms with van der Waals surface area (Å²) in [7, 11) is 3.21. The predicted octanol–water partition coefficient (Wildman–Crippen LogP) is 3.54. The van der Waals surface area contributed by atoms with Crippen LogP contribution in [0.4, 0.5) is 5.69 Å². The van der Waals surface area contributed by atoms with Crippen molar-refractivity contribution in [2.75, 3.05) is 19.5 Å². The molecule has 24 heavy (non-hydrogen) atoms.